The van der Waals surface area contributed by atoms with E-state index in [1.54, 1.807) is 0 Å². The van der Waals surface area contributed by atoms with Crippen LogP contribution < -0.4 is 5.32 Å². The van der Waals surface area contributed by atoms with Gasteiger partial charge in [-0.15, -0.1) is 11.3 Å². The Kier molecular flexibility index (Phi) is 1.78. The highest BCUT2D eigenvalue weighted by Gasteiger charge is 2.20. The predicted octanol–water partition coefficient (Wildman–Crippen LogP) is 1.19. The number of thiazole rings is 1. The summed E-state index contributed by atoms with van der Waals surface area (Å²) in [4.78, 5) is 16.3. The van der Waals surface area contributed by atoms with Crippen LogP contribution in [0, 0.1) is 0 Å². The van der Waals surface area contributed by atoms with Crippen molar-refractivity contribution >= 4 is 33.0 Å². The van der Waals surface area contributed by atoms with Crippen molar-refractivity contribution in [3.05, 3.63) is 14.5 Å². The summed E-state index contributed by atoms with van der Waals surface area (Å²) in [6, 6.07) is 0. The lowest BCUT2D eigenvalue weighted by atomic mass is 10.2. The maximum absolute atomic E-state index is 11.2. The number of carbonyl (C=O) groups is 1. The second-order valence-corrected chi connectivity index (χ2v) is 4.62. The number of carbonyl (C=O) groups excluding carboxylic acids is 1. The molecule has 0 saturated heterocycles. The molecule has 2 rings (SSSR count). The zero-order chi connectivity index (χ0) is 7.84. The van der Waals surface area contributed by atoms with Crippen LogP contribution >= 0.6 is 27.3 Å². The monoisotopic (exact) mass is 232 g/mol. The SMILES string of the molecule is O=C1CNCc2sc(Br)nc21. The van der Waals surface area contributed by atoms with Crippen molar-refractivity contribution in [2.75, 3.05) is 6.54 Å². The molecule has 5 heteroatoms. The summed E-state index contributed by atoms with van der Waals surface area (Å²) in [6.07, 6.45) is 0. The third kappa shape index (κ3) is 1.23. The van der Waals surface area contributed by atoms with E-state index >= 15 is 0 Å². The largest absolute Gasteiger partial charge is 0.305 e. The number of aromatic nitrogens is 1. The average molecular weight is 233 g/mol. The lowest BCUT2D eigenvalue weighted by molar-refractivity contribution is 0.0978. The van der Waals surface area contributed by atoms with E-state index in [0.717, 1.165) is 15.3 Å². The molecule has 1 aromatic heterocycles. The minimum absolute atomic E-state index is 0.0909. The van der Waals surface area contributed by atoms with Crippen molar-refractivity contribution in [3.63, 3.8) is 0 Å². The van der Waals surface area contributed by atoms with Gasteiger partial charge in [0.15, 0.2) is 9.70 Å². The van der Waals surface area contributed by atoms with Gasteiger partial charge in [-0.05, 0) is 15.9 Å². The lowest BCUT2D eigenvalue weighted by Crippen LogP contribution is -2.28. The van der Waals surface area contributed by atoms with Gasteiger partial charge < -0.3 is 5.32 Å². The van der Waals surface area contributed by atoms with Gasteiger partial charge in [-0.3, -0.25) is 4.79 Å². The molecule has 3 nitrogen and oxygen atoms in total. The highest BCUT2D eigenvalue weighted by Crippen LogP contribution is 2.24. The van der Waals surface area contributed by atoms with Crippen LogP contribution in [-0.4, -0.2) is 17.3 Å². The van der Waals surface area contributed by atoms with E-state index in [-0.39, 0.29) is 5.78 Å². The quantitative estimate of drug-likeness (QED) is 0.731. The highest BCUT2D eigenvalue weighted by atomic mass is 79.9. The summed E-state index contributed by atoms with van der Waals surface area (Å²) in [5.74, 6) is 0.0909. The molecule has 0 unspecified atom stereocenters. The Hall–Kier alpha value is -0.260. The molecule has 2 heterocycles. The number of hydrogen-bond acceptors (Lipinski definition) is 4. The molecule has 0 spiro atoms. The number of halogens is 1. The molecule has 1 N–H and O–H groups in total. The fraction of sp³-hybridized carbons (Fsp3) is 0.333. The topological polar surface area (TPSA) is 42.0 Å². The maximum atomic E-state index is 11.2. The minimum Gasteiger partial charge on any atom is -0.305 e. The summed E-state index contributed by atoms with van der Waals surface area (Å²) in [5, 5.41) is 3.00. The Morgan fingerprint density at radius 1 is 1.55 bits per heavy atom. The van der Waals surface area contributed by atoms with E-state index in [1.165, 1.54) is 11.3 Å². The first-order valence-corrected chi connectivity index (χ1v) is 4.77. The van der Waals surface area contributed by atoms with Crippen molar-refractivity contribution < 1.29 is 4.79 Å². The molecule has 1 aliphatic rings. The molecular weight excluding hydrogens is 228 g/mol. The van der Waals surface area contributed by atoms with Crippen molar-refractivity contribution in [1.29, 1.82) is 0 Å². The number of Topliss-reactive ketones (excluding diaryl/α,β-unsaturated/α-hetero) is 1. The number of rotatable bonds is 0. The first-order chi connectivity index (χ1) is 5.27. The van der Waals surface area contributed by atoms with Gasteiger partial charge in [-0.25, -0.2) is 4.98 Å². The lowest BCUT2D eigenvalue weighted by Gasteiger charge is -2.08. The third-order valence-electron chi connectivity index (χ3n) is 1.51. The summed E-state index contributed by atoms with van der Waals surface area (Å²) in [7, 11) is 0. The molecule has 1 aliphatic heterocycles. The smallest absolute Gasteiger partial charge is 0.196 e. The molecule has 0 saturated carbocycles. The van der Waals surface area contributed by atoms with E-state index in [4.69, 9.17) is 0 Å². The highest BCUT2D eigenvalue weighted by molar-refractivity contribution is 9.11. The third-order valence-corrected chi connectivity index (χ3v) is 3.01. The average Bonchev–Trinajstić information content (AvgIpc) is 2.31. The number of fused-ring (bicyclic) bond motifs is 1. The van der Waals surface area contributed by atoms with Crippen molar-refractivity contribution in [2.45, 2.75) is 6.54 Å². The second kappa shape index (κ2) is 2.66. The van der Waals surface area contributed by atoms with Gasteiger partial charge >= 0.3 is 0 Å². The second-order valence-electron chi connectivity index (χ2n) is 2.27. The van der Waals surface area contributed by atoms with Gasteiger partial charge in [-0.2, -0.15) is 0 Å². The van der Waals surface area contributed by atoms with Crippen molar-refractivity contribution in [2.24, 2.45) is 0 Å². The number of ketones is 1. The van der Waals surface area contributed by atoms with Crippen LogP contribution in [0.3, 0.4) is 0 Å². The molecule has 0 aromatic carbocycles. The van der Waals surface area contributed by atoms with Crippen molar-refractivity contribution in [3.8, 4) is 0 Å². The molecule has 0 fully saturated rings. The summed E-state index contributed by atoms with van der Waals surface area (Å²) < 4.78 is 0.791. The minimum atomic E-state index is 0.0909. The Bertz CT molecular complexity index is 310. The van der Waals surface area contributed by atoms with E-state index in [1.807, 2.05) is 0 Å². The first-order valence-electron chi connectivity index (χ1n) is 3.16. The van der Waals surface area contributed by atoms with Crippen LogP contribution in [0.2, 0.25) is 0 Å². The fourth-order valence-corrected chi connectivity index (χ4v) is 2.57. The molecule has 11 heavy (non-hydrogen) atoms. The molecule has 58 valence electrons. The van der Waals surface area contributed by atoms with Gasteiger partial charge in [-0.1, -0.05) is 0 Å². The Morgan fingerprint density at radius 2 is 2.36 bits per heavy atom. The maximum Gasteiger partial charge on any atom is 0.196 e. The van der Waals surface area contributed by atoms with Gasteiger partial charge in [0.1, 0.15) is 5.69 Å². The summed E-state index contributed by atoms with van der Waals surface area (Å²) in [6.45, 7) is 1.19. The Labute approximate surface area is 76.0 Å². The zero-order valence-corrected chi connectivity index (χ0v) is 7.96. The van der Waals surface area contributed by atoms with Crippen LogP contribution in [-0.2, 0) is 6.54 Å². The zero-order valence-electron chi connectivity index (χ0n) is 5.56. The number of nitrogens with one attached hydrogen (secondary N) is 1. The molecule has 0 aliphatic carbocycles. The Balaban J connectivity index is 2.52. The van der Waals surface area contributed by atoms with Gasteiger partial charge in [0.25, 0.3) is 0 Å². The number of nitrogens with zero attached hydrogens (tertiary/aromatic N) is 1. The van der Waals surface area contributed by atoms with E-state index < -0.39 is 0 Å². The molecular formula is C6H5BrN2OS. The van der Waals surface area contributed by atoms with Gasteiger partial charge in [0.05, 0.1) is 11.4 Å². The van der Waals surface area contributed by atoms with E-state index in [0.29, 0.717) is 12.2 Å². The van der Waals surface area contributed by atoms with Gasteiger partial charge in [0, 0.05) is 6.54 Å². The van der Waals surface area contributed by atoms with Crippen LogP contribution in [0.1, 0.15) is 15.4 Å². The molecule has 1 aromatic rings. The first kappa shape index (κ1) is 7.39. The number of hydrogen-bond donors (Lipinski definition) is 1. The van der Waals surface area contributed by atoms with E-state index in [2.05, 4.69) is 26.2 Å². The van der Waals surface area contributed by atoms with Crippen LogP contribution in [0.15, 0.2) is 3.92 Å². The molecule has 0 amide bonds. The van der Waals surface area contributed by atoms with Crippen molar-refractivity contribution in [1.82, 2.24) is 10.3 Å². The van der Waals surface area contributed by atoms with Crippen LogP contribution in [0.5, 0.6) is 0 Å². The van der Waals surface area contributed by atoms with E-state index in [9.17, 15) is 4.79 Å². The van der Waals surface area contributed by atoms with Crippen LogP contribution in [0.4, 0.5) is 0 Å². The predicted molar refractivity (Wildman–Crippen MR) is 45.9 cm³/mol. The summed E-state index contributed by atoms with van der Waals surface area (Å²) >= 11 is 4.76. The molecule has 0 radical (unpaired) electrons. The normalized spacial score (nSPS) is 16.6. The Morgan fingerprint density at radius 3 is 3.09 bits per heavy atom. The van der Waals surface area contributed by atoms with Crippen LogP contribution in [0.25, 0.3) is 0 Å². The molecule has 0 atom stereocenters. The standard InChI is InChI=1S/C6H5BrN2OS/c7-6-9-5-3(10)1-8-2-4(5)11-6/h8H,1-2H2. The summed E-state index contributed by atoms with van der Waals surface area (Å²) in [5.41, 5.74) is 0.639. The fourth-order valence-electron chi connectivity index (χ4n) is 1.03. The van der Waals surface area contributed by atoms with Gasteiger partial charge in [0.2, 0.25) is 0 Å². The molecule has 0 bridgehead atoms.